The quantitative estimate of drug-likeness (QED) is 0.853. The zero-order chi connectivity index (χ0) is 13.2. The van der Waals surface area contributed by atoms with Crippen LogP contribution >= 0.6 is 0 Å². The number of H-pyrrole nitrogens is 1. The van der Waals surface area contributed by atoms with E-state index in [1.54, 1.807) is 6.33 Å². The second kappa shape index (κ2) is 5.33. The van der Waals surface area contributed by atoms with Crippen molar-refractivity contribution in [2.45, 2.75) is 45.2 Å². The zero-order valence-corrected chi connectivity index (χ0v) is 11.5. The Labute approximate surface area is 113 Å². The molecule has 0 saturated heterocycles. The number of nitrogens with zero attached hydrogens (tertiary/aromatic N) is 2. The molecule has 1 aromatic rings. The van der Waals surface area contributed by atoms with Crippen molar-refractivity contribution in [3.05, 3.63) is 17.7 Å². The Kier molecular flexibility index (Phi) is 3.55. The first-order valence-electron chi connectivity index (χ1n) is 7.31. The number of hydrogen-bond donors (Lipinski definition) is 2. The molecule has 19 heavy (non-hydrogen) atoms. The predicted octanol–water partition coefficient (Wildman–Crippen LogP) is 1.07. The average molecular weight is 262 g/mol. The molecule has 0 bridgehead atoms. The van der Waals surface area contributed by atoms with E-state index < -0.39 is 0 Å². The minimum atomic E-state index is -0.101. The lowest BCUT2D eigenvalue weighted by molar-refractivity contribution is -0.134. The van der Waals surface area contributed by atoms with Crippen LogP contribution in [0.3, 0.4) is 0 Å². The molecule has 1 fully saturated rings. The summed E-state index contributed by atoms with van der Waals surface area (Å²) in [6.07, 6.45) is 6.31. The number of aromatic amines is 1. The summed E-state index contributed by atoms with van der Waals surface area (Å²) in [4.78, 5) is 22.0. The van der Waals surface area contributed by atoms with Gasteiger partial charge in [0.2, 0.25) is 5.91 Å². The smallest absolute Gasteiger partial charge is 0.240 e. The molecule has 2 N–H and O–H groups in total. The van der Waals surface area contributed by atoms with Crippen LogP contribution in [0.1, 0.15) is 37.6 Å². The van der Waals surface area contributed by atoms with Crippen LogP contribution in [0.15, 0.2) is 6.33 Å². The van der Waals surface area contributed by atoms with Crippen molar-refractivity contribution < 1.29 is 4.79 Å². The molecule has 1 atom stereocenters. The first-order chi connectivity index (χ1) is 9.28. The number of carbonyl (C=O) groups excluding carboxylic acids is 1. The van der Waals surface area contributed by atoms with E-state index in [-0.39, 0.29) is 11.9 Å². The summed E-state index contributed by atoms with van der Waals surface area (Å²) in [6.45, 7) is 4.52. The number of amides is 1. The highest BCUT2D eigenvalue weighted by Crippen LogP contribution is 2.27. The molecule has 5 nitrogen and oxygen atoms in total. The van der Waals surface area contributed by atoms with Gasteiger partial charge < -0.3 is 9.88 Å². The Balaban J connectivity index is 1.62. The molecule has 1 aliphatic heterocycles. The number of hydrogen-bond acceptors (Lipinski definition) is 3. The lowest BCUT2D eigenvalue weighted by Crippen LogP contribution is -2.51. The van der Waals surface area contributed by atoms with Gasteiger partial charge >= 0.3 is 0 Å². The van der Waals surface area contributed by atoms with Gasteiger partial charge in [0.1, 0.15) is 0 Å². The highest BCUT2D eigenvalue weighted by molar-refractivity contribution is 5.82. The number of rotatable bonds is 4. The lowest BCUT2D eigenvalue weighted by Gasteiger charge is -2.34. The van der Waals surface area contributed by atoms with E-state index in [1.165, 1.54) is 19.3 Å². The van der Waals surface area contributed by atoms with Crippen molar-refractivity contribution in [1.82, 2.24) is 20.2 Å². The van der Waals surface area contributed by atoms with Crippen LogP contribution < -0.4 is 5.32 Å². The molecule has 1 aliphatic carbocycles. The van der Waals surface area contributed by atoms with E-state index in [0.717, 1.165) is 30.4 Å². The standard InChI is InChI=1S/C14H22N4O/c1-2-18(8-10-4-3-5-10)14(19)12-6-11-13(7-15-12)17-9-16-11/h9-10,12,15H,2-8H2,1H3,(H,16,17). The second-order valence-electron chi connectivity index (χ2n) is 5.64. The SMILES string of the molecule is CCN(CC1CCC1)C(=O)C1Cc2nc[nH]c2CN1. The number of carbonyl (C=O) groups is 1. The summed E-state index contributed by atoms with van der Waals surface area (Å²) in [6, 6.07) is -0.101. The molecule has 1 saturated carbocycles. The summed E-state index contributed by atoms with van der Waals surface area (Å²) < 4.78 is 0. The van der Waals surface area contributed by atoms with Gasteiger partial charge in [-0.05, 0) is 25.7 Å². The molecule has 1 amide bonds. The summed E-state index contributed by atoms with van der Waals surface area (Å²) >= 11 is 0. The van der Waals surface area contributed by atoms with Gasteiger partial charge in [0.15, 0.2) is 0 Å². The number of nitrogens with one attached hydrogen (secondary N) is 2. The van der Waals surface area contributed by atoms with E-state index >= 15 is 0 Å². The highest BCUT2D eigenvalue weighted by atomic mass is 16.2. The normalized spacial score (nSPS) is 22.7. The maximum absolute atomic E-state index is 12.6. The van der Waals surface area contributed by atoms with Crippen molar-refractivity contribution in [2.24, 2.45) is 5.92 Å². The molecule has 2 heterocycles. The number of imidazole rings is 1. The average Bonchev–Trinajstić information content (AvgIpc) is 2.84. The van der Waals surface area contributed by atoms with Crippen LogP contribution in [-0.2, 0) is 17.8 Å². The molecular formula is C14H22N4O. The summed E-state index contributed by atoms with van der Waals surface area (Å²) in [5.74, 6) is 0.969. The Morgan fingerprint density at radius 1 is 1.53 bits per heavy atom. The van der Waals surface area contributed by atoms with Gasteiger partial charge in [-0.2, -0.15) is 0 Å². The van der Waals surface area contributed by atoms with Crippen LogP contribution in [0.5, 0.6) is 0 Å². The van der Waals surface area contributed by atoms with Crippen molar-refractivity contribution in [2.75, 3.05) is 13.1 Å². The van der Waals surface area contributed by atoms with Gasteiger partial charge in [-0.15, -0.1) is 0 Å². The summed E-state index contributed by atoms with van der Waals surface area (Å²) in [5, 5.41) is 3.32. The monoisotopic (exact) mass is 262 g/mol. The molecule has 1 unspecified atom stereocenters. The molecule has 0 radical (unpaired) electrons. The van der Waals surface area contributed by atoms with Crippen molar-refractivity contribution in [1.29, 1.82) is 0 Å². The highest BCUT2D eigenvalue weighted by Gasteiger charge is 2.30. The van der Waals surface area contributed by atoms with E-state index in [9.17, 15) is 4.79 Å². The minimum absolute atomic E-state index is 0.101. The van der Waals surface area contributed by atoms with Crippen LogP contribution in [0.25, 0.3) is 0 Å². The molecule has 0 aromatic carbocycles. The van der Waals surface area contributed by atoms with Crippen molar-refractivity contribution >= 4 is 5.91 Å². The van der Waals surface area contributed by atoms with Gasteiger partial charge in [0.05, 0.1) is 23.8 Å². The molecule has 1 aromatic heterocycles. The van der Waals surface area contributed by atoms with Crippen LogP contribution in [0.2, 0.25) is 0 Å². The number of likely N-dealkylation sites (N-methyl/N-ethyl adjacent to an activating group) is 1. The third-order valence-electron chi connectivity index (χ3n) is 4.43. The van der Waals surface area contributed by atoms with E-state index in [2.05, 4.69) is 22.2 Å². The number of aromatic nitrogens is 2. The van der Waals surface area contributed by atoms with Crippen molar-refractivity contribution in [3.8, 4) is 0 Å². The largest absolute Gasteiger partial charge is 0.347 e. The van der Waals surface area contributed by atoms with Crippen LogP contribution in [-0.4, -0.2) is 39.9 Å². The third-order valence-corrected chi connectivity index (χ3v) is 4.43. The number of fused-ring (bicyclic) bond motifs is 1. The summed E-state index contributed by atoms with van der Waals surface area (Å²) in [7, 11) is 0. The van der Waals surface area contributed by atoms with Gasteiger partial charge in [0.25, 0.3) is 0 Å². The van der Waals surface area contributed by atoms with E-state index in [1.807, 2.05) is 4.90 Å². The molecule has 0 spiro atoms. The van der Waals surface area contributed by atoms with Crippen molar-refractivity contribution in [3.63, 3.8) is 0 Å². The van der Waals surface area contributed by atoms with E-state index in [0.29, 0.717) is 13.0 Å². The first-order valence-corrected chi connectivity index (χ1v) is 7.31. The topological polar surface area (TPSA) is 61.0 Å². The van der Waals surface area contributed by atoms with Crippen LogP contribution in [0.4, 0.5) is 0 Å². The molecule has 3 rings (SSSR count). The Morgan fingerprint density at radius 3 is 3.05 bits per heavy atom. The fourth-order valence-corrected chi connectivity index (χ4v) is 2.93. The maximum Gasteiger partial charge on any atom is 0.240 e. The molecule has 5 heteroatoms. The summed E-state index contributed by atoms with van der Waals surface area (Å²) in [5.41, 5.74) is 2.16. The molecule has 104 valence electrons. The van der Waals surface area contributed by atoms with Gasteiger partial charge in [-0.3, -0.25) is 10.1 Å². The van der Waals surface area contributed by atoms with Gasteiger partial charge in [-0.25, -0.2) is 4.98 Å². The molecular weight excluding hydrogens is 240 g/mol. The zero-order valence-electron chi connectivity index (χ0n) is 11.5. The Hall–Kier alpha value is -1.36. The predicted molar refractivity (Wildman–Crippen MR) is 72.5 cm³/mol. The second-order valence-corrected chi connectivity index (χ2v) is 5.64. The first kappa shape index (κ1) is 12.7. The minimum Gasteiger partial charge on any atom is -0.347 e. The van der Waals surface area contributed by atoms with Crippen LogP contribution in [0, 0.1) is 5.92 Å². The fourth-order valence-electron chi connectivity index (χ4n) is 2.93. The molecule has 2 aliphatic rings. The third kappa shape index (κ3) is 2.52. The van der Waals surface area contributed by atoms with Gasteiger partial charge in [0, 0.05) is 26.1 Å². The maximum atomic E-state index is 12.6. The van der Waals surface area contributed by atoms with E-state index in [4.69, 9.17) is 0 Å². The Morgan fingerprint density at radius 2 is 2.37 bits per heavy atom. The Bertz CT molecular complexity index is 452. The van der Waals surface area contributed by atoms with Gasteiger partial charge in [-0.1, -0.05) is 6.42 Å². The fraction of sp³-hybridized carbons (Fsp3) is 0.714. The lowest BCUT2D eigenvalue weighted by atomic mass is 9.85.